The van der Waals surface area contributed by atoms with Gasteiger partial charge < -0.3 is 5.32 Å². The van der Waals surface area contributed by atoms with Crippen molar-refractivity contribution in [3.05, 3.63) is 18.0 Å². The zero-order valence-electron chi connectivity index (χ0n) is 8.36. The Hall–Kier alpha value is -1.16. The number of Topliss-reactive ketones (excluding diaryl/α,β-unsaturated/α-hetero) is 1. The summed E-state index contributed by atoms with van der Waals surface area (Å²) >= 11 is 0. The van der Waals surface area contributed by atoms with Gasteiger partial charge in [-0.3, -0.25) is 9.48 Å². The van der Waals surface area contributed by atoms with Crippen LogP contribution >= 0.6 is 0 Å². The van der Waals surface area contributed by atoms with Gasteiger partial charge in [0.05, 0.1) is 18.2 Å². The number of aromatic nitrogens is 2. The summed E-state index contributed by atoms with van der Waals surface area (Å²) in [5.41, 5.74) is 0.867. The monoisotopic (exact) mass is 193 g/mol. The second-order valence-corrected chi connectivity index (χ2v) is 3.77. The van der Waals surface area contributed by atoms with Crippen LogP contribution in [0.3, 0.4) is 0 Å². The Morgan fingerprint density at radius 2 is 2.64 bits per heavy atom. The fourth-order valence-corrected chi connectivity index (χ4v) is 1.82. The number of rotatable bonds is 3. The molecular weight excluding hydrogens is 178 g/mol. The molecule has 1 aromatic rings. The van der Waals surface area contributed by atoms with Gasteiger partial charge >= 0.3 is 0 Å². The zero-order chi connectivity index (χ0) is 9.97. The van der Waals surface area contributed by atoms with E-state index in [9.17, 15) is 4.79 Å². The lowest BCUT2D eigenvalue weighted by Gasteiger charge is -2.06. The van der Waals surface area contributed by atoms with Crippen molar-refractivity contribution in [3.63, 3.8) is 0 Å². The molecule has 1 N–H and O–H groups in total. The summed E-state index contributed by atoms with van der Waals surface area (Å²) in [7, 11) is 1.86. The van der Waals surface area contributed by atoms with Crippen molar-refractivity contribution in [2.75, 3.05) is 6.54 Å². The van der Waals surface area contributed by atoms with Crippen molar-refractivity contribution in [1.82, 2.24) is 15.1 Å². The second-order valence-electron chi connectivity index (χ2n) is 3.77. The highest BCUT2D eigenvalue weighted by atomic mass is 16.1. The average molecular weight is 193 g/mol. The molecular formula is C10H15N3O. The van der Waals surface area contributed by atoms with Crippen LogP contribution in [0, 0.1) is 0 Å². The predicted molar refractivity (Wildman–Crippen MR) is 52.9 cm³/mol. The third kappa shape index (κ3) is 2.01. The highest BCUT2D eigenvalue weighted by Crippen LogP contribution is 2.08. The van der Waals surface area contributed by atoms with Crippen LogP contribution < -0.4 is 5.32 Å². The van der Waals surface area contributed by atoms with Gasteiger partial charge in [0.2, 0.25) is 0 Å². The van der Waals surface area contributed by atoms with Gasteiger partial charge in [-0.2, -0.15) is 5.10 Å². The van der Waals surface area contributed by atoms with Crippen molar-refractivity contribution in [2.24, 2.45) is 7.05 Å². The summed E-state index contributed by atoms with van der Waals surface area (Å²) in [6.45, 7) is 0.971. The number of nitrogens with one attached hydrogen (secondary N) is 1. The normalized spacial score (nSPS) is 21.4. The van der Waals surface area contributed by atoms with Crippen molar-refractivity contribution in [2.45, 2.75) is 25.3 Å². The van der Waals surface area contributed by atoms with Gasteiger partial charge in [0.1, 0.15) is 0 Å². The van der Waals surface area contributed by atoms with Gasteiger partial charge in [-0.25, -0.2) is 0 Å². The maximum absolute atomic E-state index is 11.7. The summed E-state index contributed by atoms with van der Waals surface area (Å²) in [4.78, 5) is 11.7. The molecule has 1 unspecified atom stereocenters. The van der Waals surface area contributed by atoms with Crippen molar-refractivity contribution in [3.8, 4) is 0 Å². The molecule has 1 aromatic heterocycles. The van der Waals surface area contributed by atoms with E-state index >= 15 is 0 Å². The Bertz CT molecular complexity index is 326. The molecule has 0 bridgehead atoms. The number of nitrogens with zero attached hydrogens (tertiary/aromatic N) is 2. The van der Waals surface area contributed by atoms with Gasteiger partial charge in [-0.05, 0) is 25.5 Å². The second kappa shape index (κ2) is 3.92. The first-order valence-corrected chi connectivity index (χ1v) is 5.00. The minimum absolute atomic E-state index is 0.0667. The molecule has 1 aliphatic rings. The summed E-state index contributed by atoms with van der Waals surface area (Å²) in [6, 6.07) is 1.96. The van der Waals surface area contributed by atoms with Crippen molar-refractivity contribution >= 4 is 5.78 Å². The predicted octanol–water partition coefficient (Wildman–Crippen LogP) is 0.284. The number of hydrogen-bond donors (Lipinski definition) is 1. The van der Waals surface area contributed by atoms with E-state index in [4.69, 9.17) is 0 Å². The molecule has 4 nitrogen and oxygen atoms in total. The first-order valence-electron chi connectivity index (χ1n) is 5.00. The van der Waals surface area contributed by atoms with E-state index in [2.05, 4.69) is 10.4 Å². The van der Waals surface area contributed by atoms with E-state index in [1.807, 2.05) is 19.3 Å². The molecule has 76 valence electrons. The number of aryl methyl sites for hydroxylation is 1. The zero-order valence-corrected chi connectivity index (χ0v) is 8.36. The summed E-state index contributed by atoms with van der Waals surface area (Å²) < 4.78 is 1.73. The Morgan fingerprint density at radius 1 is 1.79 bits per heavy atom. The minimum atomic E-state index is 0.0667. The summed E-state index contributed by atoms with van der Waals surface area (Å²) in [6.07, 6.45) is 4.41. The minimum Gasteiger partial charge on any atom is -0.307 e. The standard InChI is InChI=1S/C10H15N3O/c1-13-6-4-8(12-13)7-10(14)9-3-2-5-11-9/h4,6,9,11H,2-3,5,7H2,1H3. The molecule has 1 saturated heterocycles. The number of carbonyl (C=O) groups is 1. The SMILES string of the molecule is Cn1ccc(CC(=O)C2CCCN2)n1. The molecule has 0 spiro atoms. The molecule has 2 rings (SSSR count). The van der Waals surface area contributed by atoms with E-state index in [0.29, 0.717) is 6.42 Å². The number of hydrogen-bond acceptors (Lipinski definition) is 3. The first-order chi connectivity index (χ1) is 6.75. The Balaban J connectivity index is 1.93. The van der Waals surface area contributed by atoms with Gasteiger partial charge in [-0.15, -0.1) is 0 Å². The third-order valence-corrected chi connectivity index (χ3v) is 2.57. The van der Waals surface area contributed by atoms with E-state index in [-0.39, 0.29) is 11.8 Å². The van der Waals surface area contributed by atoms with Crippen LogP contribution in [0.5, 0.6) is 0 Å². The van der Waals surface area contributed by atoms with Gasteiger partial charge in [0, 0.05) is 13.2 Å². The molecule has 0 radical (unpaired) electrons. The van der Waals surface area contributed by atoms with Crippen LogP contribution in [0.15, 0.2) is 12.3 Å². The molecule has 1 aliphatic heterocycles. The van der Waals surface area contributed by atoms with E-state index < -0.39 is 0 Å². The van der Waals surface area contributed by atoms with E-state index in [0.717, 1.165) is 25.1 Å². The van der Waals surface area contributed by atoms with Gasteiger partial charge in [-0.1, -0.05) is 0 Å². The summed E-state index contributed by atoms with van der Waals surface area (Å²) in [5.74, 6) is 0.265. The molecule has 0 saturated carbocycles. The number of carbonyl (C=O) groups excluding carboxylic acids is 1. The summed E-state index contributed by atoms with van der Waals surface area (Å²) in [5, 5.41) is 7.39. The fraction of sp³-hybridized carbons (Fsp3) is 0.600. The van der Waals surface area contributed by atoms with Crippen LogP contribution in [0.1, 0.15) is 18.5 Å². The maximum Gasteiger partial charge on any atom is 0.155 e. The van der Waals surface area contributed by atoms with E-state index in [1.54, 1.807) is 4.68 Å². The van der Waals surface area contributed by atoms with Crippen LogP contribution in [-0.2, 0) is 18.3 Å². The molecule has 2 heterocycles. The van der Waals surface area contributed by atoms with Crippen LogP contribution in [-0.4, -0.2) is 28.2 Å². The fourth-order valence-electron chi connectivity index (χ4n) is 1.82. The molecule has 14 heavy (non-hydrogen) atoms. The van der Waals surface area contributed by atoms with Gasteiger partial charge in [0.25, 0.3) is 0 Å². The number of ketones is 1. The smallest absolute Gasteiger partial charge is 0.155 e. The molecule has 0 aromatic carbocycles. The average Bonchev–Trinajstić information content (AvgIpc) is 2.75. The molecule has 1 atom stereocenters. The molecule has 0 amide bonds. The Labute approximate surface area is 83.3 Å². The lowest BCUT2D eigenvalue weighted by molar-refractivity contribution is -0.120. The van der Waals surface area contributed by atoms with Crippen LogP contribution in [0.4, 0.5) is 0 Å². The van der Waals surface area contributed by atoms with Gasteiger partial charge in [0.15, 0.2) is 5.78 Å². The lowest BCUT2D eigenvalue weighted by atomic mass is 10.1. The van der Waals surface area contributed by atoms with Crippen LogP contribution in [0.2, 0.25) is 0 Å². The maximum atomic E-state index is 11.7. The topological polar surface area (TPSA) is 46.9 Å². The molecule has 4 heteroatoms. The third-order valence-electron chi connectivity index (χ3n) is 2.57. The van der Waals surface area contributed by atoms with Crippen molar-refractivity contribution < 1.29 is 4.79 Å². The first kappa shape index (κ1) is 9.40. The van der Waals surface area contributed by atoms with Crippen molar-refractivity contribution in [1.29, 1.82) is 0 Å². The molecule has 0 aliphatic carbocycles. The Kier molecular flexibility index (Phi) is 2.63. The highest BCUT2D eigenvalue weighted by Gasteiger charge is 2.22. The van der Waals surface area contributed by atoms with E-state index in [1.165, 1.54) is 0 Å². The molecule has 1 fully saturated rings. The Morgan fingerprint density at radius 3 is 3.21 bits per heavy atom. The quantitative estimate of drug-likeness (QED) is 0.750. The largest absolute Gasteiger partial charge is 0.307 e. The highest BCUT2D eigenvalue weighted by molar-refractivity contribution is 5.85. The lowest BCUT2D eigenvalue weighted by Crippen LogP contribution is -2.32. The van der Waals surface area contributed by atoms with Crippen LogP contribution in [0.25, 0.3) is 0 Å².